The molecule has 1 fully saturated rings. The second-order valence-electron chi connectivity index (χ2n) is 7.82. The third-order valence-corrected chi connectivity index (χ3v) is 5.53. The lowest BCUT2D eigenvalue weighted by Gasteiger charge is -2.27. The number of aromatic nitrogens is 3. The molecule has 4 N–H and O–H groups in total. The zero-order chi connectivity index (χ0) is 19.3. The molecule has 0 aliphatic heterocycles. The van der Waals surface area contributed by atoms with Crippen LogP contribution < -0.4 is 16.4 Å². The molecule has 3 aromatic rings. The number of nitrogens with one attached hydrogen (secondary N) is 2. The molecule has 148 valence electrons. The number of imidazole rings is 1. The Morgan fingerprint density at radius 3 is 2.68 bits per heavy atom. The molecule has 6 heteroatoms. The average Bonchev–Trinajstić information content (AvgIpc) is 3.18. The van der Waals surface area contributed by atoms with Gasteiger partial charge in [0, 0.05) is 36.2 Å². The highest BCUT2D eigenvalue weighted by Crippen LogP contribution is 2.26. The molecule has 4 rings (SSSR count). The molecule has 6 nitrogen and oxygen atoms in total. The molecule has 0 spiro atoms. The summed E-state index contributed by atoms with van der Waals surface area (Å²) in [7, 11) is 0. The number of unbranched alkanes of at least 4 members (excludes halogenated alkanes) is 1. The van der Waals surface area contributed by atoms with Gasteiger partial charge in [-0.1, -0.05) is 25.5 Å². The molecule has 0 atom stereocenters. The maximum absolute atomic E-state index is 6.03. The Labute approximate surface area is 166 Å². The highest BCUT2D eigenvalue weighted by molar-refractivity contribution is 5.75. The van der Waals surface area contributed by atoms with Crippen LogP contribution in [0, 0.1) is 0 Å². The predicted octanol–water partition coefficient (Wildman–Crippen LogP) is 4.50. The fourth-order valence-corrected chi connectivity index (χ4v) is 3.84. The van der Waals surface area contributed by atoms with E-state index in [4.69, 9.17) is 5.73 Å². The molecule has 0 bridgehead atoms. The molecule has 0 unspecified atom stereocenters. The van der Waals surface area contributed by atoms with Crippen LogP contribution >= 0.6 is 0 Å². The van der Waals surface area contributed by atoms with Crippen LogP contribution in [0.2, 0.25) is 0 Å². The highest BCUT2D eigenvalue weighted by Gasteiger charge is 2.19. The van der Waals surface area contributed by atoms with E-state index in [9.17, 15) is 0 Å². The van der Waals surface area contributed by atoms with E-state index >= 15 is 0 Å². The molecular weight excluding hydrogens is 348 g/mol. The lowest BCUT2D eigenvalue weighted by Crippen LogP contribution is -2.33. The summed E-state index contributed by atoms with van der Waals surface area (Å²) >= 11 is 0. The molecule has 1 saturated carbocycles. The molecule has 2 aromatic heterocycles. The topological polar surface area (TPSA) is 80.3 Å². The lowest BCUT2D eigenvalue weighted by atomic mass is 9.92. The lowest BCUT2D eigenvalue weighted by molar-refractivity contribution is 0.410. The van der Waals surface area contributed by atoms with Crippen LogP contribution in [0.5, 0.6) is 0 Å². The Morgan fingerprint density at radius 1 is 1.14 bits per heavy atom. The van der Waals surface area contributed by atoms with Crippen molar-refractivity contribution in [3.63, 3.8) is 0 Å². The second kappa shape index (κ2) is 8.61. The van der Waals surface area contributed by atoms with Gasteiger partial charge in [-0.15, -0.1) is 5.10 Å². The minimum atomic E-state index is 0.347. The largest absolute Gasteiger partial charge is 0.366 e. The van der Waals surface area contributed by atoms with Crippen molar-refractivity contribution in [1.82, 2.24) is 14.6 Å². The van der Waals surface area contributed by atoms with Gasteiger partial charge in [-0.25, -0.2) is 9.50 Å². The van der Waals surface area contributed by atoms with E-state index in [0.717, 1.165) is 54.9 Å². The van der Waals surface area contributed by atoms with Crippen molar-refractivity contribution < 1.29 is 0 Å². The summed E-state index contributed by atoms with van der Waals surface area (Å²) in [5.41, 5.74) is 10.3. The van der Waals surface area contributed by atoms with E-state index in [1.165, 1.54) is 18.4 Å². The Morgan fingerprint density at radius 2 is 1.93 bits per heavy atom. The fourth-order valence-electron chi connectivity index (χ4n) is 3.84. The van der Waals surface area contributed by atoms with Crippen LogP contribution in [0.1, 0.15) is 51.0 Å². The zero-order valence-corrected chi connectivity index (χ0v) is 16.6. The van der Waals surface area contributed by atoms with E-state index in [1.54, 1.807) is 6.20 Å². The summed E-state index contributed by atoms with van der Waals surface area (Å²) in [5.74, 6) is 0.869. The normalized spacial score (nSPS) is 19.6. The molecule has 1 aliphatic carbocycles. The minimum Gasteiger partial charge on any atom is -0.366 e. The average molecular weight is 379 g/mol. The SMILES string of the molecule is CCCCc1ccc(Nc2cc(NC3CCC(N)CC3)nn3ccnc23)cc1. The van der Waals surface area contributed by atoms with Gasteiger partial charge in [0.1, 0.15) is 5.82 Å². The van der Waals surface area contributed by atoms with Gasteiger partial charge >= 0.3 is 0 Å². The summed E-state index contributed by atoms with van der Waals surface area (Å²) in [5, 5.41) is 11.8. The number of hydrogen-bond donors (Lipinski definition) is 3. The van der Waals surface area contributed by atoms with Gasteiger partial charge in [-0.3, -0.25) is 0 Å². The van der Waals surface area contributed by atoms with Crippen LogP contribution in [0.3, 0.4) is 0 Å². The minimum absolute atomic E-state index is 0.347. The Kier molecular flexibility index (Phi) is 5.76. The molecule has 0 saturated heterocycles. The van der Waals surface area contributed by atoms with E-state index < -0.39 is 0 Å². The molecule has 0 radical (unpaired) electrons. The number of benzene rings is 1. The van der Waals surface area contributed by atoms with Crippen molar-refractivity contribution in [2.45, 2.75) is 64.0 Å². The van der Waals surface area contributed by atoms with Gasteiger partial charge in [-0.05, 0) is 56.2 Å². The van der Waals surface area contributed by atoms with Crippen molar-refractivity contribution in [2.75, 3.05) is 10.6 Å². The first-order valence-electron chi connectivity index (χ1n) is 10.4. The number of anilines is 3. The van der Waals surface area contributed by atoms with Crippen LogP contribution in [-0.2, 0) is 6.42 Å². The Bertz CT molecular complexity index is 893. The molecule has 2 heterocycles. The van der Waals surface area contributed by atoms with Crippen molar-refractivity contribution >= 4 is 22.8 Å². The number of aryl methyl sites for hydroxylation is 1. The molecule has 0 amide bonds. The van der Waals surface area contributed by atoms with E-state index in [0.29, 0.717) is 12.1 Å². The van der Waals surface area contributed by atoms with Crippen LogP contribution in [0.15, 0.2) is 42.7 Å². The Hall–Kier alpha value is -2.60. The third kappa shape index (κ3) is 4.44. The van der Waals surface area contributed by atoms with Gasteiger partial charge in [0.25, 0.3) is 0 Å². The van der Waals surface area contributed by atoms with Crippen LogP contribution in [0.4, 0.5) is 17.2 Å². The molecular formula is C22H30N6. The number of hydrogen-bond acceptors (Lipinski definition) is 5. The van der Waals surface area contributed by atoms with Gasteiger partial charge in [0.15, 0.2) is 5.65 Å². The summed E-state index contributed by atoms with van der Waals surface area (Å²) in [6.45, 7) is 2.22. The van der Waals surface area contributed by atoms with Crippen molar-refractivity contribution in [3.05, 3.63) is 48.3 Å². The maximum Gasteiger partial charge on any atom is 0.177 e. The number of nitrogens with two attached hydrogens (primary N) is 1. The first-order chi connectivity index (χ1) is 13.7. The van der Waals surface area contributed by atoms with Crippen molar-refractivity contribution in [2.24, 2.45) is 5.73 Å². The third-order valence-electron chi connectivity index (χ3n) is 5.53. The quantitative estimate of drug-likeness (QED) is 0.564. The van der Waals surface area contributed by atoms with Gasteiger partial charge in [0.2, 0.25) is 0 Å². The fraction of sp³-hybridized carbons (Fsp3) is 0.455. The van der Waals surface area contributed by atoms with Gasteiger partial charge < -0.3 is 16.4 Å². The number of nitrogens with zero attached hydrogens (tertiary/aromatic N) is 3. The molecule has 1 aromatic carbocycles. The monoisotopic (exact) mass is 378 g/mol. The standard InChI is InChI=1S/C22H30N6/c1-2-3-4-16-5-9-18(10-6-16)25-20-15-21(27-28-14-13-24-22(20)28)26-19-11-7-17(23)8-12-19/h5-6,9-10,13-15,17,19,25H,2-4,7-8,11-12,23H2,1H3,(H,26,27). The summed E-state index contributed by atoms with van der Waals surface area (Å²) in [6.07, 6.45) is 11.6. The van der Waals surface area contributed by atoms with Crippen molar-refractivity contribution in [3.8, 4) is 0 Å². The second-order valence-corrected chi connectivity index (χ2v) is 7.82. The number of fused-ring (bicyclic) bond motifs is 1. The summed E-state index contributed by atoms with van der Waals surface area (Å²) < 4.78 is 1.83. The van der Waals surface area contributed by atoms with Crippen LogP contribution in [-0.4, -0.2) is 26.7 Å². The van der Waals surface area contributed by atoms with Crippen LogP contribution in [0.25, 0.3) is 5.65 Å². The van der Waals surface area contributed by atoms with Crippen molar-refractivity contribution in [1.29, 1.82) is 0 Å². The van der Waals surface area contributed by atoms with E-state index in [1.807, 2.05) is 10.7 Å². The maximum atomic E-state index is 6.03. The van der Waals surface area contributed by atoms with E-state index in [-0.39, 0.29) is 0 Å². The van der Waals surface area contributed by atoms with Gasteiger partial charge in [-0.2, -0.15) is 0 Å². The molecule has 1 aliphatic rings. The smallest absolute Gasteiger partial charge is 0.177 e. The zero-order valence-electron chi connectivity index (χ0n) is 16.6. The predicted molar refractivity (Wildman–Crippen MR) is 115 cm³/mol. The summed E-state index contributed by atoms with van der Waals surface area (Å²) in [4.78, 5) is 4.46. The first-order valence-corrected chi connectivity index (χ1v) is 10.4. The summed E-state index contributed by atoms with van der Waals surface area (Å²) in [6, 6.07) is 11.5. The van der Waals surface area contributed by atoms with Gasteiger partial charge in [0.05, 0.1) is 5.69 Å². The molecule has 28 heavy (non-hydrogen) atoms. The Balaban J connectivity index is 1.52. The first kappa shape index (κ1) is 18.7. The van der Waals surface area contributed by atoms with E-state index in [2.05, 4.69) is 58.0 Å². The highest BCUT2D eigenvalue weighted by atomic mass is 15.3. The number of rotatable bonds is 7.